The van der Waals surface area contributed by atoms with Gasteiger partial charge in [-0.3, -0.25) is 0 Å². The molecule has 102 valence electrons. The Morgan fingerprint density at radius 2 is 1.88 bits per heavy atom. The van der Waals surface area contributed by atoms with Crippen LogP contribution in [0, 0.1) is 0 Å². The van der Waals surface area contributed by atoms with Gasteiger partial charge in [0.2, 0.25) is 6.29 Å². The largest absolute Gasteiger partial charge is 0.790 e. The molecule has 1 heterocycles. The Morgan fingerprint density at radius 1 is 1.35 bits per heavy atom. The van der Waals surface area contributed by atoms with E-state index in [1.807, 2.05) is 0 Å². The van der Waals surface area contributed by atoms with Gasteiger partial charge < -0.3 is 38.9 Å². The van der Waals surface area contributed by atoms with E-state index in [2.05, 4.69) is 9.26 Å². The van der Waals surface area contributed by atoms with Gasteiger partial charge >= 0.3 is 5.92 Å². The third kappa shape index (κ3) is 3.39. The molecule has 0 aromatic heterocycles. The molecule has 3 N–H and O–H groups in total. The van der Waals surface area contributed by atoms with Crippen LogP contribution in [0.3, 0.4) is 0 Å². The van der Waals surface area contributed by atoms with Crippen molar-refractivity contribution in [2.45, 2.75) is 30.5 Å². The zero-order chi connectivity index (χ0) is 13.4. The second kappa shape index (κ2) is 4.82. The standard InChI is InChI=1S/C6H11F2O8P/c7-6(8)4(10)3(9)2(16-5(6)11)1-15-17(12,13)14/h2-5,9-11H,1H2,(H2,12,13,14)/p-2. The molecular weight excluding hydrogens is 269 g/mol. The highest BCUT2D eigenvalue weighted by atomic mass is 31.2. The summed E-state index contributed by atoms with van der Waals surface area (Å²) in [5.74, 6) is -4.12. The van der Waals surface area contributed by atoms with Gasteiger partial charge in [-0.05, 0) is 0 Å². The number of alkyl halides is 2. The maximum atomic E-state index is 12.9. The van der Waals surface area contributed by atoms with E-state index in [1.165, 1.54) is 0 Å². The quantitative estimate of drug-likeness (QED) is 0.461. The molecule has 4 atom stereocenters. The fraction of sp³-hybridized carbons (Fsp3) is 1.00. The van der Waals surface area contributed by atoms with Gasteiger partial charge in [-0.2, -0.15) is 8.78 Å². The molecule has 17 heavy (non-hydrogen) atoms. The Hall–Kier alpha value is -0.190. The summed E-state index contributed by atoms with van der Waals surface area (Å²) in [7, 11) is -5.37. The molecule has 1 aliphatic rings. The molecule has 0 spiro atoms. The summed E-state index contributed by atoms with van der Waals surface area (Å²) in [5, 5.41) is 26.9. The van der Waals surface area contributed by atoms with Crippen LogP contribution in [0.5, 0.6) is 0 Å². The summed E-state index contributed by atoms with van der Waals surface area (Å²) < 4.78 is 43.7. The van der Waals surface area contributed by atoms with Crippen LogP contribution in [0.2, 0.25) is 0 Å². The molecule has 4 unspecified atom stereocenters. The fourth-order valence-electron chi connectivity index (χ4n) is 1.22. The van der Waals surface area contributed by atoms with Crippen molar-refractivity contribution < 1.29 is 47.7 Å². The van der Waals surface area contributed by atoms with E-state index in [-0.39, 0.29) is 0 Å². The van der Waals surface area contributed by atoms with Crippen molar-refractivity contribution >= 4 is 7.82 Å². The summed E-state index contributed by atoms with van der Waals surface area (Å²) in [4.78, 5) is 20.2. The molecule has 0 aromatic carbocycles. The number of rotatable bonds is 3. The Morgan fingerprint density at radius 3 is 2.35 bits per heavy atom. The van der Waals surface area contributed by atoms with Crippen LogP contribution in [-0.2, 0) is 13.8 Å². The van der Waals surface area contributed by atoms with E-state index in [0.29, 0.717) is 0 Å². The van der Waals surface area contributed by atoms with Crippen molar-refractivity contribution in [1.82, 2.24) is 0 Å². The predicted molar refractivity (Wildman–Crippen MR) is 41.4 cm³/mol. The zero-order valence-corrected chi connectivity index (χ0v) is 9.00. The van der Waals surface area contributed by atoms with Crippen LogP contribution < -0.4 is 9.79 Å². The first-order valence-electron chi connectivity index (χ1n) is 4.30. The Bertz CT molecular complexity index is 319. The first-order chi connectivity index (χ1) is 7.55. The molecule has 1 fully saturated rings. The van der Waals surface area contributed by atoms with Gasteiger partial charge in [-0.1, -0.05) is 0 Å². The number of ether oxygens (including phenoxy) is 1. The highest BCUT2D eigenvalue weighted by molar-refractivity contribution is 7.43. The maximum Gasteiger partial charge on any atom is 0.325 e. The van der Waals surface area contributed by atoms with Gasteiger partial charge in [0.1, 0.15) is 12.2 Å². The third-order valence-electron chi connectivity index (χ3n) is 2.13. The van der Waals surface area contributed by atoms with Gasteiger partial charge in [-0.15, -0.1) is 0 Å². The van der Waals surface area contributed by atoms with Crippen molar-refractivity contribution in [2.24, 2.45) is 0 Å². The first kappa shape index (κ1) is 14.9. The first-order valence-corrected chi connectivity index (χ1v) is 5.76. The van der Waals surface area contributed by atoms with Gasteiger partial charge in [0, 0.05) is 0 Å². The van der Waals surface area contributed by atoms with E-state index < -0.39 is 45.0 Å². The molecule has 0 saturated carbocycles. The molecule has 0 aliphatic carbocycles. The van der Waals surface area contributed by atoms with Crippen molar-refractivity contribution in [1.29, 1.82) is 0 Å². The van der Waals surface area contributed by atoms with Crippen LogP contribution in [0.1, 0.15) is 0 Å². The minimum atomic E-state index is -5.37. The summed E-state index contributed by atoms with van der Waals surface area (Å²) in [6.45, 7) is -1.09. The predicted octanol–water partition coefficient (Wildman–Crippen LogP) is -3.09. The minimum Gasteiger partial charge on any atom is -0.790 e. The van der Waals surface area contributed by atoms with Crippen LogP contribution in [0.15, 0.2) is 0 Å². The second-order valence-corrected chi connectivity index (χ2v) is 4.53. The average Bonchev–Trinajstić information content (AvgIpc) is 2.18. The van der Waals surface area contributed by atoms with Crippen LogP contribution in [-0.4, -0.2) is 52.5 Å². The Balaban J connectivity index is 2.68. The second-order valence-electron chi connectivity index (χ2n) is 3.38. The Kier molecular flexibility index (Phi) is 4.22. The average molecular weight is 278 g/mol. The summed E-state index contributed by atoms with van der Waals surface area (Å²) in [6, 6.07) is 0. The number of aliphatic hydroxyl groups excluding tert-OH is 3. The van der Waals surface area contributed by atoms with E-state index in [1.54, 1.807) is 0 Å². The third-order valence-corrected chi connectivity index (χ3v) is 2.59. The lowest BCUT2D eigenvalue weighted by Gasteiger charge is -2.41. The van der Waals surface area contributed by atoms with E-state index in [0.717, 1.165) is 0 Å². The minimum absolute atomic E-state index is 1.09. The topological polar surface area (TPSA) is 142 Å². The summed E-state index contributed by atoms with van der Waals surface area (Å²) in [5.41, 5.74) is 0. The van der Waals surface area contributed by atoms with E-state index in [9.17, 15) is 23.1 Å². The molecule has 1 saturated heterocycles. The van der Waals surface area contributed by atoms with Crippen molar-refractivity contribution in [3.63, 3.8) is 0 Å². The van der Waals surface area contributed by atoms with Gasteiger partial charge in [-0.25, -0.2) is 0 Å². The van der Waals surface area contributed by atoms with E-state index >= 15 is 0 Å². The molecular formula is C6H9F2O8P-2. The number of aliphatic hydroxyl groups is 3. The van der Waals surface area contributed by atoms with Crippen molar-refractivity contribution in [3.8, 4) is 0 Å². The molecule has 0 bridgehead atoms. The highest BCUT2D eigenvalue weighted by Crippen LogP contribution is 2.35. The van der Waals surface area contributed by atoms with Crippen molar-refractivity contribution in [2.75, 3.05) is 6.61 Å². The molecule has 0 amide bonds. The lowest BCUT2D eigenvalue weighted by atomic mass is 9.98. The SMILES string of the molecule is O=P([O-])([O-])OCC1OC(O)C(F)(F)C(O)C1O. The fourth-order valence-corrected chi connectivity index (χ4v) is 1.55. The number of halogens is 2. The summed E-state index contributed by atoms with van der Waals surface area (Å²) >= 11 is 0. The van der Waals surface area contributed by atoms with Crippen LogP contribution in [0.25, 0.3) is 0 Å². The normalized spacial score (nSPS) is 38.1. The summed E-state index contributed by atoms with van der Waals surface area (Å²) in [6.07, 6.45) is -9.39. The van der Waals surface area contributed by atoms with Crippen molar-refractivity contribution in [3.05, 3.63) is 0 Å². The molecule has 11 heteroatoms. The molecule has 1 rings (SSSR count). The number of hydrogen-bond donors (Lipinski definition) is 3. The molecule has 0 radical (unpaired) electrons. The highest BCUT2D eigenvalue weighted by Gasteiger charge is 2.57. The Labute approximate surface area is 93.6 Å². The molecule has 1 aliphatic heterocycles. The number of phosphoric ester groups is 1. The molecule has 8 nitrogen and oxygen atoms in total. The van der Waals surface area contributed by atoms with E-state index in [4.69, 9.17) is 15.3 Å². The van der Waals surface area contributed by atoms with Crippen LogP contribution in [0.4, 0.5) is 8.78 Å². The number of phosphoric acid groups is 1. The smallest absolute Gasteiger partial charge is 0.325 e. The molecule has 0 aromatic rings. The monoisotopic (exact) mass is 278 g/mol. The lowest BCUT2D eigenvalue weighted by molar-refractivity contribution is -0.359. The van der Waals surface area contributed by atoms with Gasteiger partial charge in [0.15, 0.2) is 6.10 Å². The zero-order valence-electron chi connectivity index (χ0n) is 8.10. The number of hydrogen-bond acceptors (Lipinski definition) is 8. The van der Waals surface area contributed by atoms with Gasteiger partial charge in [0.05, 0.1) is 14.4 Å². The van der Waals surface area contributed by atoms with Crippen LogP contribution >= 0.6 is 7.82 Å². The maximum absolute atomic E-state index is 12.9. The lowest BCUT2D eigenvalue weighted by Crippen LogP contribution is -2.62. The van der Waals surface area contributed by atoms with Gasteiger partial charge in [0.25, 0.3) is 0 Å².